The van der Waals surface area contributed by atoms with E-state index in [9.17, 15) is 9.59 Å². The minimum atomic E-state index is -0.909. The summed E-state index contributed by atoms with van der Waals surface area (Å²) in [6, 6.07) is 0. The van der Waals surface area contributed by atoms with Crippen molar-refractivity contribution in [3.05, 3.63) is 17.4 Å². The number of aromatic nitrogens is 2. The van der Waals surface area contributed by atoms with Crippen LogP contribution in [0.3, 0.4) is 0 Å². The Bertz CT molecular complexity index is 433. The highest BCUT2D eigenvalue weighted by Gasteiger charge is 2.17. The molecule has 0 aromatic carbocycles. The van der Waals surface area contributed by atoms with E-state index < -0.39 is 11.9 Å². The number of hydrogen-bond donors (Lipinski definition) is 1. The van der Waals surface area contributed by atoms with E-state index in [0.717, 1.165) is 0 Å². The summed E-state index contributed by atoms with van der Waals surface area (Å²) in [5.74, 6) is -1.60. The molecule has 1 aromatic rings. The maximum Gasteiger partial charge on any atom is 0.308 e. The molecule has 1 N–H and O–H groups in total. The van der Waals surface area contributed by atoms with Crippen molar-refractivity contribution in [2.75, 3.05) is 13.6 Å². The molecule has 100 valence electrons. The van der Waals surface area contributed by atoms with Crippen molar-refractivity contribution in [3.8, 4) is 0 Å². The summed E-state index contributed by atoms with van der Waals surface area (Å²) in [6.45, 7) is 2.20. The molecule has 1 aromatic heterocycles. The highest BCUT2D eigenvalue weighted by Crippen LogP contribution is 2.06. The average molecular weight is 274 g/mol. The number of carboxylic acids is 1. The van der Waals surface area contributed by atoms with E-state index in [0.29, 0.717) is 11.6 Å². The molecule has 1 heterocycles. The zero-order valence-corrected chi connectivity index (χ0v) is 11.1. The molecule has 0 saturated heterocycles. The number of carboxylic acid groups (broad SMARTS) is 1. The smallest absolute Gasteiger partial charge is 0.308 e. The van der Waals surface area contributed by atoms with Crippen LogP contribution < -0.4 is 0 Å². The topological polar surface area (TPSA) is 75.4 Å². The number of carbonyl (C=O) groups excluding carboxylic acids is 1. The highest BCUT2D eigenvalue weighted by molar-refractivity contribution is 6.30. The maximum absolute atomic E-state index is 11.7. The first kappa shape index (κ1) is 14.5. The number of aryl methyl sites for hydroxylation is 1. The zero-order valence-electron chi connectivity index (χ0n) is 10.3. The van der Waals surface area contributed by atoms with Gasteiger partial charge in [0.15, 0.2) is 0 Å². The third-order valence-electron chi connectivity index (χ3n) is 2.55. The van der Waals surface area contributed by atoms with Crippen LogP contribution in [0.25, 0.3) is 0 Å². The first-order valence-electron chi connectivity index (χ1n) is 5.55. The second kappa shape index (κ2) is 6.39. The summed E-state index contributed by atoms with van der Waals surface area (Å²) in [4.78, 5) is 23.8. The molecular weight excluding hydrogens is 258 g/mol. The number of carbonyl (C=O) groups is 2. The number of nitrogens with zero attached hydrogens (tertiary/aromatic N) is 3. The fourth-order valence-electron chi connectivity index (χ4n) is 1.45. The van der Waals surface area contributed by atoms with Gasteiger partial charge in [-0.3, -0.25) is 14.3 Å². The number of hydrogen-bond acceptors (Lipinski definition) is 3. The zero-order chi connectivity index (χ0) is 13.7. The van der Waals surface area contributed by atoms with Gasteiger partial charge in [0.1, 0.15) is 0 Å². The summed E-state index contributed by atoms with van der Waals surface area (Å²) >= 11 is 5.70. The molecule has 1 unspecified atom stereocenters. The molecule has 0 radical (unpaired) electrons. The number of rotatable bonds is 6. The number of halogens is 1. The van der Waals surface area contributed by atoms with Gasteiger partial charge in [-0.15, -0.1) is 0 Å². The molecule has 0 aliphatic carbocycles. The van der Waals surface area contributed by atoms with Crippen LogP contribution in [0, 0.1) is 5.92 Å². The molecule has 0 saturated carbocycles. The molecule has 6 nitrogen and oxygen atoms in total. The third kappa shape index (κ3) is 4.37. The fourth-order valence-corrected chi connectivity index (χ4v) is 1.61. The number of amides is 1. The van der Waals surface area contributed by atoms with Crippen LogP contribution in [0.4, 0.5) is 0 Å². The largest absolute Gasteiger partial charge is 0.481 e. The Balaban J connectivity index is 2.38. The summed E-state index contributed by atoms with van der Waals surface area (Å²) in [6.07, 6.45) is 3.40. The second-order valence-corrected chi connectivity index (χ2v) is 4.62. The minimum Gasteiger partial charge on any atom is -0.481 e. The summed E-state index contributed by atoms with van der Waals surface area (Å²) in [5, 5.41) is 13.2. The first-order chi connectivity index (χ1) is 8.40. The molecule has 18 heavy (non-hydrogen) atoms. The molecule has 1 atom stereocenters. The Labute approximate surface area is 110 Å². The van der Waals surface area contributed by atoms with Gasteiger partial charge in [0, 0.05) is 32.8 Å². The molecule has 7 heteroatoms. The predicted molar refractivity (Wildman–Crippen MR) is 66.3 cm³/mol. The van der Waals surface area contributed by atoms with Crippen LogP contribution in [0.5, 0.6) is 0 Å². The lowest BCUT2D eigenvalue weighted by atomic mass is 10.1. The van der Waals surface area contributed by atoms with Gasteiger partial charge in [-0.05, 0) is 0 Å². The van der Waals surface area contributed by atoms with E-state index in [2.05, 4.69) is 5.10 Å². The van der Waals surface area contributed by atoms with E-state index in [1.807, 2.05) is 0 Å². The van der Waals surface area contributed by atoms with Crippen molar-refractivity contribution in [1.82, 2.24) is 14.7 Å². The average Bonchev–Trinajstić information content (AvgIpc) is 2.71. The Kier molecular flexibility index (Phi) is 5.15. The maximum atomic E-state index is 11.7. The lowest BCUT2D eigenvalue weighted by Gasteiger charge is -2.19. The van der Waals surface area contributed by atoms with Crippen molar-refractivity contribution in [2.45, 2.75) is 19.9 Å². The molecule has 0 fully saturated rings. The van der Waals surface area contributed by atoms with Gasteiger partial charge in [-0.2, -0.15) is 5.10 Å². The Morgan fingerprint density at radius 3 is 2.78 bits per heavy atom. The second-order valence-electron chi connectivity index (χ2n) is 4.19. The summed E-state index contributed by atoms with van der Waals surface area (Å²) in [7, 11) is 1.60. The van der Waals surface area contributed by atoms with E-state index >= 15 is 0 Å². The molecule has 0 aliphatic rings. The predicted octanol–water partition coefficient (Wildman–Crippen LogP) is 1.11. The van der Waals surface area contributed by atoms with Crippen LogP contribution in [0.2, 0.25) is 5.02 Å². The Morgan fingerprint density at radius 1 is 1.61 bits per heavy atom. The molecule has 0 spiro atoms. The summed E-state index contributed by atoms with van der Waals surface area (Å²) in [5.41, 5.74) is 0. The normalized spacial score (nSPS) is 12.2. The van der Waals surface area contributed by atoms with Crippen LogP contribution in [-0.4, -0.2) is 45.3 Å². The first-order valence-corrected chi connectivity index (χ1v) is 5.92. The van der Waals surface area contributed by atoms with Crippen LogP contribution in [0.15, 0.2) is 12.4 Å². The van der Waals surface area contributed by atoms with Crippen molar-refractivity contribution < 1.29 is 14.7 Å². The monoisotopic (exact) mass is 273 g/mol. The van der Waals surface area contributed by atoms with Gasteiger partial charge in [-0.1, -0.05) is 18.5 Å². The lowest BCUT2D eigenvalue weighted by Crippen LogP contribution is -2.34. The van der Waals surface area contributed by atoms with Gasteiger partial charge in [0.25, 0.3) is 0 Å². The number of aliphatic carboxylic acids is 1. The highest BCUT2D eigenvalue weighted by atomic mass is 35.5. The van der Waals surface area contributed by atoms with Crippen molar-refractivity contribution in [1.29, 1.82) is 0 Å². The molecule has 0 bridgehead atoms. The summed E-state index contributed by atoms with van der Waals surface area (Å²) < 4.78 is 1.58. The van der Waals surface area contributed by atoms with Gasteiger partial charge in [0.05, 0.1) is 17.1 Å². The van der Waals surface area contributed by atoms with Gasteiger partial charge >= 0.3 is 5.97 Å². The van der Waals surface area contributed by atoms with Gasteiger partial charge in [0.2, 0.25) is 5.91 Å². The van der Waals surface area contributed by atoms with Crippen molar-refractivity contribution in [2.24, 2.45) is 5.92 Å². The fraction of sp³-hybridized carbons (Fsp3) is 0.545. The molecule has 1 rings (SSSR count). The van der Waals surface area contributed by atoms with Crippen LogP contribution in [-0.2, 0) is 16.1 Å². The quantitative estimate of drug-likeness (QED) is 0.842. The Hall–Kier alpha value is -1.56. The van der Waals surface area contributed by atoms with E-state index in [1.54, 1.807) is 24.9 Å². The van der Waals surface area contributed by atoms with E-state index in [4.69, 9.17) is 16.7 Å². The minimum absolute atomic E-state index is 0.116. The standard InChI is InChI=1S/C11H16ClN3O3/c1-8(11(17)18)6-14(2)10(16)3-4-15-7-9(12)5-13-15/h5,7-8H,3-4,6H2,1-2H3,(H,17,18). The SMILES string of the molecule is CC(CN(C)C(=O)CCn1cc(Cl)cn1)C(=O)O. The van der Waals surface area contributed by atoms with Crippen LogP contribution >= 0.6 is 11.6 Å². The molecule has 0 aliphatic heterocycles. The van der Waals surface area contributed by atoms with Crippen LogP contribution in [0.1, 0.15) is 13.3 Å². The lowest BCUT2D eigenvalue weighted by molar-refractivity contribution is -0.142. The van der Waals surface area contributed by atoms with E-state index in [1.165, 1.54) is 11.1 Å². The third-order valence-corrected chi connectivity index (χ3v) is 2.75. The van der Waals surface area contributed by atoms with Crippen molar-refractivity contribution >= 4 is 23.5 Å². The molecular formula is C11H16ClN3O3. The van der Waals surface area contributed by atoms with Crippen molar-refractivity contribution in [3.63, 3.8) is 0 Å². The molecule has 1 amide bonds. The Morgan fingerprint density at radius 2 is 2.28 bits per heavy atom. The van der Waals surface area contributed by atoms with Gasteiger partial charge < -0.3 is 10.0 Å². The van der Waals surface area contributed by atoms with E-state index in [-0.39, 0.29) is 18.9 Å². The van der Waals surface area contributed by atoms with Gasteiger partial charge in [-0.25, -0.2) is 0 Å².